The van der Waals surface area contributed by atoms with Crippen LogP contribution >= 0.6 is 0 Å². The van der Waals surface area contributed by atoms with E-state index in [1.54, 1.807) is 0 Å². The molecule has 98 valence electrons. The summed E-state index contributed by atoms with van der Waals surface area (Å²) >= 11 is -2.26. The van der Waals surface area contributed by atoms with E-state index in [0.29, 0.717) is 0 Å². The maximum absolute atomic E-state index is 11.5. The SMILES string of the molecule is Cc1occ(O)c1OS(=O)Oc1c(O)coc1C. The molecule has 8 heteroatoms. The number of rotatable bonds is 4. The summed E-state index contributed by atoms with van der Waals surface area (Å²) in [5.41, 5.74) is 0. The van der Waals surface area contributed by atoms with Crippen LogP contribution in [0.2, 0.25) is 0 Å². The van der Waals surface area contributed by atoms with Crippen LogP contribution < -0.4 is 8.37 Å². The van der Waals surface area contributed by atoms with Crippen LogP contribution in [0.4, 0.5) is 0 Å². The molecule has 0 radical (unpaired) electrons. The maximum Gasteiger partial charge on any atom is 0.418 e. The van der Waals surface area contributed by atoms with Gasteiger partial charge >= 0.3 is 11.4 Å². The van der Waals surface area contributed by atoms with Gasteiger partial charge in [-0.2, -0.15) is 4.21 Å². The Hall–Kier alpha value is -2.09. The molecular formula is C10H10O7S. The molecular weight excluding hydrogens is 264 g/mol. The van der Waals surface area contributed by atoms with Gasteiger partial charge in [-0.05, 0) is 13.8 Å². The highest BCUT2D eigenvalue weighted by molar-refractivity contribution is 7.76. The summed E-state index contributed by atoms with van der Waals surface area (Å²) in [5.74, 6) is -0.270. The van der Waals surface area contributed by atoms with Gasteiger partial charge in [-0.1, -0.05) is 0 Å². The van der Waals surface area contributed by atoms with Crippen LogP contribution in [0.25, 0.3) is 0 Å². The lowest BCUT2D eigenvalue weighted by Gasteiger charge is -2.04. The Bertz CT molecular complexity index is 494. The molecule has 0 spiro atoms. The van der Waals surface area contributed by atoms with Gasteiger partial charge < -0.3 is 27.4 Å². The largest absolute Gasteiger partial charge is 0.502 e. The summed E-state index contributed by atoms with van der Waals surface area (Å²) in [6.45, 7) is 3.04. The molecule has 18 heavy (non-hydrogen) atoms. The lowest BCUT2D eigenvalue weighted by molar-refractivity contribution is 0.406. The van der Waals surface area contributed by atoms with E-state index in [1.165, 1.54) is 13.8 Å². The van der Waals surface area contributed by atoms with Gasteiger partial charge in [-0.3, -0.25) is 0 Å². The zero-order chi connectivity index (χ0) is 13.3. The van der Waals surface area contributed by atoms with Crippen molar-refractivity contribution in [3.05, 3.63) is 24.0 Å². The first kappa shape index (κ1) is 12.4. The Morgan fingerprint density at radius 3 is 1.67 bits per heavy atom. The molecule has 0 aliphatic carbocycles. The van der Waals surface area contributed by atoms with Crippen LogP contribution in [0.3, 0.4) is 0 Å². The fourth-order valence-electron chi connectivity index (χ4n) is 1.22. The van der Waals surface area contributed by atoms with Gasteiger partial charge in [0.2, 0.25) is 11.5 Å². The van der Waals surface area contributed by atoms with E-state index in [4.69, 9.17) is 17.2 Å². The topological polar surface area (TPSA) is 102 Å². The lowest BCUT2D eigenvalue weighted by Crippen LogP contribution is -2.08. The third kappa shape index (κ3) is 2.28. The van der Waals surface area contributed by atoms with E-state index >= 15 is 0 Å². The van der Waals surface area contributed by atoms with Crippen LogP contribution in [0.5, 0.6) is 23.0 Å². The summed E-state index contributed by atoms with van der Waals surface area (Å²) in [6, 6.07) is 0. The van der Waals surface area contributed by atoms with E-state index in [9.17, 15) is 14.4 Å². The molecule has 0 unspecified atom stereocenters. The molecule has 2 N–H and O–H groups in total. The second-order valence-corrected chi connectivity index (χ2v) is 4.12. The first-order valence-electron chi connectivity index (χ1n) is 4.81. The van der Waals surface area contributed by atoms with Crippen molar-refractivity contribution in [3.8, 4) is 23.0 Å². The Morgan fingerprint density at radius 2 is 1.39 bits per heavy atom. The Balaban J connectivity index is 2.10. The maximum atomic E-state index is 11.5. The number of aryl methyl sites for hydroxylation is 2. The Labute approximate surface area is 104 Å². The van der Waals surface area contributed by atoms with Crippen molar-refractivity contribution in [3.63, 3.8) is 0 Å². The smallest absolute Gasteiger partial charge is 0.418 e. The summed E-state index contributed by atoms with van der Waals surface area (Å²) in [6.07, 6.45) is 2.09. The number of aromatic hydroxyl groups is 2. The van der Waals surface area contributed by atoms with Gasteiger partial charge in [0.1, 0.15) is 24.0 Å². The van der Waals surface area contributed by atoms with Crippen molar-refractivity contribution in [2.75, 3.05) is 0 Å². The van der Waals surface area contributed by atoms with Crippen LogP contribution in [-0.4, -0.2) is 14.4 Å². The Morgan fingerprint density at radius 1 is 1.00 bits per heavy atom. The van der Waals surface area contributed by atoms with E-state index in [2.05, 4.69) is 0 Å². The molecule has 7 nitrogen and oxygen atoms in total. The highest BCUT2D eigenvalue weighted by Gasteiger charge is 2.19. The fraction of sp³-hybridized carbons (Fsp3) is 0.200. The highest BCUT2D eigenvalue weighted by atomic mass is 32.2. The molecule has 2 rings (SSSR count). The first-order valence-corrected chi connectivity index (χ1v) is 5.81. The van der Waals surface area contributed by atoms with Crippen LogP contribution in [0.1, 0.15) is 11.5 Å². The zero-order valence-corrected chi connectivity index (χ0v) is 10.3. The van der Waals surface area contributed by atoms with Crippen molar-refractivity contribution < 1.29 is 31.6 Å². The van der Waals surface area contributed by atoms with Gasteiger partial charge in [0.25, 0.3) is 0 Å². The van der Waals surface area contributed by atoms with Gasteiger partial charge in [0, 0.05) is 0 Å². The third-order valence-corrected chi connectivity index (χ3v) is 2.71. The minimum Gasteiger partial charge on any atom is -0.502 e. The molecule has 0 saturated carbocycles. The third-order valence-electron chi connectivity index (χ3n) is 2.10. The summed E-state index contributed by atoms with van der Waals surface area (Å²) in [7, 11) is 0. The van der Waals surface area contributed by atoms with Gasteiger partial charge in [-0.15, -0.1) is 0 Å². The number of hydrogen-bond donors (Lipinski definition) is 2. The molecule has 0 aliphatic rings. The zero-order valence-electron chi connectivity index (χ0n) is 9.50. The van der Waals surface area contributed by atoms with Crippen molar-refractivity contribution in [1.29, 1.82) is 0 Å². The van der Waals surface area contributed by atoms with E-state index in [-0.39, 0.29) is 34.5 Å². The van der Waals surface area contributed by atoms with Crippen molar-refractivity contribution in [2.24, 2.45) is 0 Å². The summed E-state index contributed by atoms with van der Waals surface area (Å²) in [4.78, 5) is 0. The fourth-order valence-corrected chi connectivity index (χ4v) is 1.93. The van der Waals surface area contributed by atoms with E-state index in [1.807, 2.05) is 0 Å². The van der Waals surface area contributed by atoms with Crippen LogP contribution in [0, 0.1) is 13.8 Å². The quantitative estimate of drug-likeness (QED) is 0.878. The lowest BCUT2D eigenvalue weighted by atomic mass is 10.4. The van der Waals surface area contributed by atoms with Crippen LogP contribution in [-0.2, 0) is 11.4 Å². The number of furan rings is 2. The average molecular weight is 274 g/mol. The standard InChI is InChI=1S/C10H10O7S/c1-5-9(7(11)3-14-5)16-18(13)17-10-6(2)15-4-8(10)12/h3-4,11-12H,1-2H3. The molecule has 0 saturated heterocycles. The second-order valence-electron chi connectivity index (χ2n) is 3.38. The van der Waals surface area contributed by atoms with E-state index in [0.717, 1.165) is 12.5 Å². The van der Waals surface area contributed by atoms with Gasteiger partial charge in [0.05, 0.1) is 0 Å². The summed E-state index contributed by atoms with van der Waals surface area (Å²) in [5, 5.41) is 18.7. The Kier molecular flexibility index (Phi) is 3.19. The highest BCUT2D eigenvalue weighted by Crippen LogP contribution is 2.35. The molecule has 0 atom stereocenters. The second kappa shape index (κ2) is 4.65. The predicted octanol–water partition coefficient (Wildman–Crippen LogP) is 1.94. The summed E-state index contributed by atoms with van der Waals surface area (Å²) < 4.78 is 30.9. The van der Waals surface area contributed by atoms with Crippen molar-refractivity contribution >= 4 is 11.4 Å². The minimum absolute atomic E-state index is 0.0889. The van der Waals surface area contributed by atoms with Gasteiger partial charge in [-0.25, -0.2) is 0 Å². The minimum atomic E-state index is -2.26. The first-order chi connectivity index (χ1) is 8.49. The molecule has 0 bridgehead atoms. The molecule has 0 amide bonds. The number of hydrogen-bond acceptors (Lipinski definition) is 7. The predicted molar refractivity (Wildman–Crippen MR) is 59.6 cm³/mol. The van der Waals surface area contributed by atoms with Crippen molar-refractivity contribution in [1.82, 2.24) is 0 Å². The molecule has 2 heterocycles. The molecule has 2 aromatic heterocycles. The van der Waals surface area contributed by atoms with Crippen LogP contribution in [0.15, 0.2) is 21.4 Å². The van der Waals surface area contributed by atoms with E-state index < -0.39 is 11.4 Å². The molecule has 0 aromatic carbocycles. The van der Waals surface area contributed by atoms with Gasteiger partial charge in [0.15, 0.2) is 11.5 Å². The molecule has 2 aromatic rings. The normalized spacial score (nSPS) is 10.8. The molecule has 0 fully saturated rings. The van der Waals surface area contributed by atoms with Crippen molar-refractivity contribution in [2.45, 2.75) is 13.8 Å². The monoisotopic (exact) mass is 274 g/mol. The average Bonchev–Trinajstić information content (AvgIpc) is 2.79. The molecule has 0 aliphatic heterocycles.